The number of amides is 6. The maximum absolute atomic E-state index is 13.1. The number of alkyl carbamates (subject to hydrolysis) is 1. The maximum Gasteiger partial charge on any atom is 0.407 e. The van der Waals surface area contributed by atoms with Crippen LogP contribution in [0.5, 0.6) is 5.75 Å². The number of carbonyl (C=O) groups excluding carboxylic acids is 6. The summed E-state index contributed by atoms with van der Waals surface area (Å²) in [6.07, 6.45) is 0.679. The quantitative estimate of drug-likeness (QED) is 0.552. The lowest BCUT2D eigenvalue weighted by Crippen LogP contribution is -2.54. The van der Waals surface area contributed by atoms with E-state index in [0.717, 1.165) is 4.90 Å². The van der Waals surface area contributed by atoms with Crippen molar-refractivity contribution < 1.29 is 38.2 Å². The summed E-state index contributed by atoms with van der Waals surface area (Å²) >= 11 is 0. The fourth-order valence-corrected chi connectivity index (χ4v) is 4.58. The molecule has 2 saturated heterocycles. The van der Waals surface area contributed by atoms with E-state index in [4.69, 9.17) is 9.47 Å². The molecule has 6 amide bonds. The van der Waals surface area contributed by atoms with Crippen LogP contribution < -0.4 is 15.4 Å². The molecule has 1 unspecified atom stereocenters. The van der Waals surface area contributed by atoms with Crippen molar-refractivity contribution in [1.29, 1.82) is 0 Å². The van der Waals surface area contributed by atoms with Gasteiger partial charge in [0.15, 0.2) is 6.61 Å². The Morgan fingerprint density at radius 1 is 1.05 bits per heavy atom. The molecule has 3 heterocycles. The van der Waals surface area contributed by atoms with Gasteiger partial charge in [-0.3, -0.25) is 34.2 Å². The van der Waals surface area contributed by atoms with Crippen molar-refractivity contribution in [2.45, 2.75) is 64.1 Å². The fraction of sp³-hybridized carbons (Fsp3) is 0.520. The van der Waals surface area contributed by atoms with Crippen LogP contribution in [0.25, 0.3) is 0 Å². The minimum absolute atomic E-state index is 0.00901. The Morgan fingerprint density at radius 2 is 1.76 bits per heavy atom. The molecule has 198 valence electrons. The maximum atomic E-state index is 13.1. The highest BCUT2D eigenvalue weighted by Gasteiger charge is 2.46. The van der Waals surface area contributed by atoms with Gasteiger partial charge in [0, 0.05) is 25.6 Å². The number of hydrogen-bond donors (Lipinski definition) is 2. The van der Waals surface area contributed by atoms with Gasteiger partial charge in [-0.25, -0.2) is 4.79 Å². The lowest BCUT2D eigenvalue weighted by atomic mass is 10.0. The topological polar surface area (TPSA) is 151 Å². The van der Waals surface area contributed by atoms with Crippen LogP contribution in [-0.2, 0) is 19.1 Å². The molecule has 0 aliphatic carbocycles. The number of rotatable bonds is 5. The van der Waals surface area contributed by atoms with Crippen LogP contribution in [0.3, 0.4) is 0 Å². The van der Waals surface area contributed by atoms with E-state index < -0.39 is 41.4 Å². The zero-order chi connectivity index (χ0) is 26.9. The molecule has 0 saturated carbocycles. The van der Waals surface area contributed by atoms with Crippen molar-refractivity contribution >= 4 is 35.6 Å². The average Bonchev–Trinajstić information content (AvgIpc) is 3.07. The van der Waals surface area contributed by atoms with Gasteiger partial charge in [0.1, 0.15) is 17.4 Å². The van der Waals surface area contributed by atoms with Gasteiger partial charge in [0.2, 0.25) is 11.8 Å². The Balaban J connectivity index is 1.34. The predicted molar refractivity (Wildman–Crippen MR) is 128 cm³/mol. The molecular formula is C25H30N4O8. The second kappa shape index (κ2) is 10.2. The first-order valence-corrected chi connectivity index (χ1v) is 12.2. The number of fused-ring (bicyclic) bond motifs is 1. The van der Waals surface area contributed by atoms with Crippen LogP contribution in [0.15, 0.2) is 18.2 Å². The Hall–Kier alpha value is -3.96. The molecule has 1 aromatic carbocycles. The summed E-state index contributed by atoms with van der Waals surface area (Å²) in [5, 5.41) is 4.97. The molecule has 0 bridgehead atoms. The Labute approximate surface area is 213 Å². The van der Waals surface area contributed by atoms with Gasteiger partial charge in [0.25, 0.3) is 17.7 Å². The van der Waals surface area contributed by atoms with E-state index >= 15 is 0 Å². The first-order chi connectivity index (χ1) is 17.4. The van der Waals surface area contributed by atoms with Gasteiger partial charge in [-0.2, -0.15) is 0 Å². The summed E-state index contributed by atoms with van der Waals surface area (Å²) in [5.74, 6) is -2.73. The van der Waals surface area contributed by atoms with E-state index in [1.807, 2.05) is 0 Å². The molecule has 4 rings (SSSR count). The first kappa shape index (κ1) is 26.1. The Kier molecular flexibility index (Phi) is 7.19. The third-order valence-electron chi connectivity index (χ3n) is 6.35. The molecule has 12 heteroatoms. The van der Waals surface area contributed by atoms with Gasteiger partial charge in [-0.1, -0.05) is 6.07 Å². The number of piperidine rings is 2. The summed E-state index contributed by atoms with van der Waals surface area (Å²) in [6.45, 7) is 5.83. The standard InChI is InChI=1S/C25H30N4O8/c1-25(2,3)37-24(35)26-14-9-11-28(12-10-14)19(31)13-36-17-6-4-5-15-20(17)23(34)29(22(15)33)16-7-8-18(30)27-21(16)32/h4-6,14,16H,7-13H2,1-3H3,(H,26,35)(H,27,30,32). The zero-order valence-corrected chi connectivity index (χ0v) is 21.0. The summed E-state index contributed by atoms with van der Waals surface area (Å²) < 4.78 is 10.9. The van der Waals surface area contributed by atoms with Crippen molar-refractivity contribution in [3.63, 3.8) is 0 Å². The van der Waals surface area contributed by atoms with E-state index in [0.29, 0.717) is 25.9 Å². The number of nitrogens with one attached hydrogen (secondary N) is 2. The minimum Gasteiger partial charge on any atom is -0.483 e. The van der Waals surface area contributed by atoms with Crippen LogP contribution in [0.2, 0.25) is 0 Å². The molecule has 0 radical (unpaired) electrons. The van der Waals surface area contributed by atoms with Gasteiger partial charge >= 0.3 is 6.09 Å². The van der Waals surface area contributed by atoms with Crippen LogP contribution in [0, 0.1) is 0 Å². The van der Waals surface area contributed by atoms with Gasteiger partial charge in [-0.15, -0.1) is 0 Å². The van der Waals surface area contributed by atoms with E-state index in [-0.39, 0.29) is 48.3 Å². The van der Waals surface area contributed by atoms with E-state index in [9.17, 15) is 28.8 Å². The number of ether oxygens (including phenoxy) is 2. The number of nitrogens with zero attached hydrogens (tertiary/aromatic N) is 2. The van der Waals surface area contributed by atoms with Crippen LogP contribution in [-0.4, -0.2) is 82.8 Å². The lowest BCUT2D eigenvalue weighted by Gasteiger charge is -2.32. The smallest absolute Gasteiger partial charge is 0.407 e. The van der Waals surface area contributed by atoms with Crippen LogP contribution in [0.1, 0.15) is 67.2 Å². The average molecular weight is 515 g/mol. The van der Waals surface area contributed by atoms with Crippen LogP contribution >= 0.6 is 0 Å². The summed E-state index contributed by atoms with van der Waals surface area (Å²) in [7, 11) is 0. The molecule has 0 aromatic heterocycles. The van der Waals surface area contributed by atoms with Gasteiger partial charge in [-0.05, 0) is 52.2 Å². The molecule has 2 N–H and O–H groups in total. The van der Waals surface area contributed by atoms with Crippen molar-refractivity contribution in [2.24, 2.45) is 0 Å². The number of imide groups is 2. The normalized spacial score (nSPS) is 20.5. The Bertz CT molecular complexity index is 1150. The van der Waals surface area contributed by atoms with E-state index in [1.54, 1.807) is 25.7 Å². The molecular weight excluding hydrogens is 484 g/mol. The molecule has 1 aromatic rings. The highest BCUT2D eigenvalue weighted by molar-refractivity contribution is 6.24. The van der Waals surface area contributed by atoms with Gasteiger partial charge < -0.3 is 19.7 Å². The van der Waals surface area contributed by atoms with E-state index in [1.165, 1.54) is 18.2 Å². The molecule has 12 nitrogen and oxygen atoms in total. The number of hydrogen-bond acceptors (Lipinski definition) is 8. The molecule has 0 spiro atoms. The van der Waals surface area contributed by atoms with Crippen LogP contribution in [0.4, 0.5) is 4.79 Å². The molecule has 1 atom stereocenters. The lowest BCUT2D eigenvalue weighted by molar-refractivity contribution is -0.136. The SMILES string of the molecule is CC(C)(C)OC(=O)NC1CCN(C(=O)COc2cccc3c2C(=O)N(C2CCC(=O)NC2=O)C3=O)CC1. The highest BCUT2D eigenvalue weighted by Crippen LogP contribution is 2.33. The second-order valence-electron chi connectivity index (χ2n) is 10.2. The monoisotopic (exact) mass is 514 g/mol. The largest absolute Gasteiger partial charge is 0.483 e. The number of carbonyl (C=O) groups is 6. The number of benzene rings is 1. The molecule has 2 fully saturated rings. The first-order valence-electron chi connectivity index (χ1n) is 12.2. The third-order valence-corrected chi connectivity index (χ3v) is 6.35. The zero-order valence-electron chi connectivity index (χ0n) is 21.0. The van der Waals surface area contributed by atoms with Gasteiger partial charge in [0.05, 0.1) is 11.1 Å². The highest BCUT2D eigenvalue weighted by atomic mass is 16.6. The predicted octanol–water partition coefficient (Wildman–Crippen LogP) is 0.982. The fourth-order valence-electron chi connectivity index (χ4n) is 4.58. The van der Waals surface area contributed by atoms with Crippen molar-refractivity contribution in [3.05, 3.63) is 29.3 Å². The molecule has 3 aliphatic rings. The summed E-state index contributed by atoms with van der Waals surface area (Å²) in [4.78, 5) is 77.0. The van der Waals surface area contributed by atoms with Crippen molar-refractivity contribution in [1.82, 2.24) is 20.4 Å². The number of likely N-dealkylation sites (tertiary alicyclic amines) is 1. The summed E-state index contributed by atoms with van der Waals surface area (Å²) in [5.41, 5.74) is -0.528. The summed E-state index contributed by atoms with van der Waals surface area (Å²) in [6, 6.07) is 3.28. The van der Waals surface area contributed by atoms with Crippen molar-refractivity contribution in [3.8, 4) is 5.75 Å². The molecule has 37 heavy (non-hydrogen) atoms. The minimum atomic E-state index is -1.09. The third kappa shape index (κ3) is 5.73. The van der Waals surface area contributed by atoms with Crippen molar-refractivity contribution in [2.75, 3.05) is 19.7 Å². The Morgan fingerprint density at radius 3 is 2.41 bits per heavy atom. The second-order valence-corrected chi connectivity index (χ2v) is 10.2. The molecule has 3 aliphatic heterocycles. The van der Waals surface area contributed by atoms with E-state index in [2.05, 4.69) is 10.6 Å².